The van der Waals surface area contributed by atoms with Crippen LogP contribution in [0.15, 0.2) is 59.4 Å². The Balaban J connectivity index is 2.00. The number of anilines is 1. The summed E-state index contributed by atoms with van der Waals surface area (Å²) in [5, 5.41) is 13.4. The number of nitrogens with zero attached hydrogens (tertiary/aromatic N) is 1. The van der Waals surface area contributed by atoms with Gasteiger partial charge in [0, 0.05) is 30.1 Å². The monoisotopic (exact) mass is 258 g/mol. The SMILES string of the molecule is O=C(/C=C/Nc1cccc([N+](=O)[O-])c1)c1ccco1. The Morgan fingerprint density at radius 1 is 1.32 bits per heavy atom. The maximum Gasteiger partial charge on any atom is 0.271 e. The van der Waals surface area contributed by atoms with Crippen LogP contribution in [-0.4, -0.2) is 10.7 Å². The molecule has 1 heterocycles. The number of nitro groups is 1. The third kappa shape index (κ3) is 3.29. The summed E-state index contributed by atoms with van der Waals surface area (Å²) in [6.07, 6.45) is 4.11. The fourth-order valence-electron chi connectivity index (χ4n) is 1.42. The summed E-state index contributed by atoms with van der Waals surface area (Å²) in [6.45, 7) is 0. The summed E-state index contributed by atoms with van der Waals surface area (Å²) in [4.78, 5) is 21.6. The molecule has 0 amide bonds. The smallest absolute Gasteiger partial charge is 0.271 e. The predicted octanol–water partition coefficient (Wildman–Crippen LogP) is 3.00. The lowest BCUT2D eigenvalue weighted by atomic mass is 10.2. The molecule has 0 unspecified atom stereocenters. The Labute approximate surface area is 108 Å². The number of furan rings is 1. The average molecular weight is 258 g/mol. The maximum absolute atomic E-state index is 11.5. The minimum atomic E-state index is -0.483. The van der Waals surface area contributed by atoms with Crippen LogP contribution in [0.1, 0.15) is 10.6 Å². The van der Waals surface area contributed by atoms with Crippen molar-refractivity contribution in [2.75, 3.05) is 5.32 Å². The molecule has 1 aromatic carbocycles. The zero-order valence-corrected chi connectivity index (χ0v) is 9.78. The van der Waals surface area contributed by atoms with Crippen molar-refractivity contribution in [1.82, 2.24) is 0 Å². The van der Waals surface area contributed by atoms with Crippen molar-refractivity contribution in [1.29, 1.82) is 0 Å². The number of allylic oxidation sites excluding steroid dienone is 1. The molecule has 0 saturated heterocycles. The van der Waals surface area contributed by atoms with E-state index in [0.717, 1.165) is 0 Å². The molecule has 6 heteroatoms. The molecule has 19 heavy (non-hydrogen) atoms. The molecule has 0 atom stereocenters. The van der Waals surface area contributed by atoms with Crippen LogP contribution in [0.25, 0.3) is 0 Å². The number of nitro benzene ring substituents is 1. The lowest BCUT2D eigenvalue weighted by Crippen LogP contribution is -1.95. The van der Waals surface area contributed by atoms with Gasteiger partial charge in [-0.15, -0.1) is 0 Å². The maximum atomic E-state index is 11.5. The Hall–Kier alpha value is -2.89. The number of ketones is 1. The van der Waals surface area contributed by atoms with Crippen LogP contribution in [0, 0.1) is 10.1 Å². The van der Waals surface area contributed by atoms with Crippen LogP contribution in [0.3, 0.4) is 0 Å². The van der Waals surface area contributed by atoms with Crippen LogP contribution in [0.2, 0.25) is 0 Å². The minimum absolute atomic E-state index is 0.0178. The van der Waals surface area contributed by atoms with E-state index in [4.69, 9.17) is 4.42 Å². The molecular weight excluding hydrogens is 248 g/mol. The summed E-state index contributed by atoms with van der Waals surface area (Å²) in [5.74, 6) is -0.0555. The van der Waals surface area contributed by atoms with Crippen molar-refractivity contribution in [3.05, 3.63) is 70.8 Å². The second-order valence-electron chi connectivity index (χ2n) is 3.63. The first-order chi connectivity index (χ1) is 9.16. The number of benzene rings is 1. The summed E-state index contributed by atoms with van der Waals surface area (Å²) < 4.78 is 4.93. The molecule has 2 aromatic rings. The van der Waals surface area contributed by atoms with E-state index in [-0.39, 0.29) is 17.2 Å². The van der Waals surface area contributed by atoms with Gasteiger partial charge in [0.2, 0.25) is 5.78 Å². The first kappa shape index (κ1) is 12.6. The van der Waals surface area contributed by atoms with E-state index < -0.39 is 4.92 Å². The largest absolute Gasteiger partial charge is 0.461 e. The van der Waals surface area contributed by atoms with Gasteiger partial charge < -0.3 is 9.73 Å². The van der Waals surface area contributed by atoms with E-state index in [2.05, 4.69) is 5.32 Å². The fourth-order valence-corrected chi connectivity index (χ4v) is 1.42. The van der Waals surface area contributed by atoms with Crippen LogP contribution in [0.5, 0.6) is 0 Å². The first-order valence-corrected chi connectivity index (χ1v) is 5.42. The molecular formula is C13H10N2O4. The highest BCUT2D eigenvalue weighted by Gasteiger charge is 2.05. The topological polar surface area (TPSA) is 85.4 Å². The van der Waals surface area contributed by atoms with Crippen LogP contribution in [0.4, 0.5) is 11.4 Å². The standard InChI is InChI=1S/C13H10N2O4/c16-12(13-5-2-8-19-13)6-7-14-10-3-1-4-11(9-10)15(17)18/h1-9,14H/b7-6+. The molecule has 0 aliphatic heterocycles. The summed E-state index contributed by atoms with van der Waals surface area (Å²) >= 11 is 0. The molecule has 2 rings (SSSR count). The van der Waals surface area contributed by atoms with Gasteiger partial charge >= 0.3 is 0 Å². The second-order valence-corrected chi connectivity index (χ2v) is 3.63. The Morgan fingerprint density at radius 3 is 2.84 bits per heavy atom. The Morgan fingerprint density at radius 2 is 2.16 bits per heavy atom. The van der Waals surface area contributed by atoms with Crippen molar-refractivity contribution >= 4 is 17.2 Å². The second kappa shape index (κ2) is 5.63. The number of non-ortho nitro benzene ring substituents is 1. The summed E-state index contributed by atoms with van der Waals surface area (Å²) in [5.41, 5.74) is 0.508. The fraction of sp³-hybridized carbons (Fsp3) is 0. The summed E-state index contributed by atoms with van der Waals surface area (Å²) in [6, 6.07) is 9.16. The molecule has 6 nitrogen and oxygen atoms in total. The van der Waals surface area contributed by atoms with Crippen molar-refractivity contribution < 1.29 is 14.1 Å². The molecule has 0 aliphatic carbocycles. The molecule has 0 bridgehead atoms. The van der Waals surface area contributed by atoms with Gasteiger partial charge in [-0.05, 0) is 18.2 Å². The van der Waals surface area contributed by atoms with Crippen molar-refractivity contribution in [3.8, 4) is 0 Å². The highest BCUT2D eigenvalue weighted by molar-refractivity contribution is 6.02. The van der Waals surface area contributed by atoms with Gasteiger partial charge in [-0.2, -0.15) is 0 Å². The third-order valence-electron chi connectivity index (χ3n) is 2.31. The number of hydrogen-bond donors (Lipinski definition) is 1. The quantitative estimate of drug-likeness (QED) is 0.385. The zero-order chi connectivity index (χ0) is 13.7. The van der Waals surface area contributed by atoms with E-state index in [1.165, 1.54) is 30.7 Å². The third-order valence-corrected chi connectivity index (χ3v) is 2.31. The van der Waals surface area contributed by atoms with E-state index in [9.17, 15) is 14.9 Å². The molecule has 0 spiro atoms. The van der Waals surface area contributed by atoms with Crippen LogP contribution < -0.4 is 5.32 Å². The number of nitrogens with one attached hydrogen (secondary N) is 1. The van der Waals surface area contributed by atoms with E-state index >= 15 is 0 Å². The lowest BCUT2D eigenvalue weighted by Gasteiger charge is -1.99. The Bertz CT molecular complexity index is 617. The van der Waals surface area contributed by atoms with E-state index in [1.807, 2.05) is 0 Å². The van der Waals surface area contributed by atoms with Gasteiger partial charge in [-0.3, -0.25) is 14.9 Å². The molecule has 1 N–H and O–H groups in total. The summed E-state index contributed by atoms with van der Waals surface area (Å²) in [7, 11) is 0. The molecule has 0 fully saturated rings. The number of carbonyl (C=O) groups excluding carboxylic acids is 1. The van der Waals surface area contributed by atoms with Crippen molar-refractivity contribution in [2.24, 2.45) is 0 Å². The van der Waals surface area contributed by atoms with Gasteiger partial charge in [0.05, 0.1) is 11.2 Å². The highest BCUT2D eigenvalue weighted by Crippen LogP contribution is 2.16. The van der Waals surface area contributed by atoms with Gasteiger partial charge in [-0.1, -0.05) is 6.07 Å². The van der Waals surface area contributed by atoms with Gasteiger partial charge in [0.25, 0.3) is 5.69 Å². The normalized spacial score (nSPS) is 10.5. The van der Waals surface area contributed by atoms with Crippen LogP contribution >= 0.6 is 0 Å². The first-order valence-electron chi connectivity index (χ1n) is 5.42. The molecule has 1 aromatic heterocycles. The van der Waals surface area contributed by atoms with Crippen molar-refractivity contribution in [2.45, 2.75) is 0 Å². The molecule has 0 aliphatic rings. The predicted molar refractivity (Wildman–Crippen MR) is 68.9 cm³/mol. The molecule has 0 radical (unpaired) electrons. The van der Waals surface area contributed by atoms with E-state index in [0.29, 0.717) is 5.69 Å². The minimum Gasteiger partial charge on any atom is -0.461 e. The lowest BCUT2D eigenvalue weighted by molar-refractivity contribution is -0.384. The number of rotatable bonds is 5. The number of carbonyl (C=O) groups is 1. The Kier molecular flexibility index (Phi) is 3.72. The number of hydrogen-bond acceptors (Lipinski definition) is 5. The van der Waals surface area contributed by atoms with Gasteiger partial charge in [0.15, 0.2) is 5.76 Å². The van der Waals surface area contributed by atoms with Crippen molar-refractivity contribution in [3.63, 3.8) is 0 Å². The average Bonchev–Trinajstić information content (AvgIpc) is 2.93. The highest BCUT2D eigenvalue weighted by atomic mass is 16.6. The molecule has 0 saturated carbocycles. The van der Waals surface area contributed by atoms with E-state index in [1.54, 1.807) is 24.3 Å². The van der Waals surface area contributed by atoms with Gasteiger partial charge in [0.1, 0.15) is 0 Å². The molecule has 96 valence electrons. The van der Waals surface area contributed by atoms with Crippen LogP contribution in [-0.2, 0) is 0 Å². The van der Waals surface area contributed by atoms with Gasteiger partial charge in [-0.25, -0.2) is 0 Å². The zero-order valence-electron chi connectivity index (χ0n) is 9.78.